The molecule has 1 unspecified atom stereocenters. The Bertz CT molecular complexity index is 1170. The maximum absolute atomic E-state index is 13.1. The number of hydrogen-bond donors (Lipinski definition) is 1. The van der Waals surface area contributed by atoms with Gasteiger partial charge in [0.1, 0.15) is 0 Å². The first-order chi connectivity index (χ1) is 14.1. The van der Waals surface area contributed by atoms with E-state index < -0.39 is 0 Å². The number of rotatable bonds is 4. The molecular formula is C20H21N7O2. The number of amides is 1. The molecule has 5 rings (SSSR count). The van der Waals surface area contributed by atoms with E-state index in [0.717, 1.165) is 22.9 Å². The van der Waals surface area contributed by atoms with Gasteiger partial charge >= 0.3 is 0 Å². The lowest BCUT2D eigenvalue weighted by Gasteiger charge is -2.17. The molecule has 29 heavy (non-hydrogen) atoms. The molecular weight excluding hydrogens is 370 g/mol. The average Bonchev–Trinajstić information content (AvgIpc) is 3.52. The predicted molar refractivity (Wildman–Crippen MR) is 105 cm³/mol. The molecule has 1 aliphatic heterocycles. The molecule has 4 heterocycles. The third-order valence-electron chi connectivity index (χ3n) is 5.34. The molecule has 4 aromatic rings. The fourth-order valence-electron chi connectivity index (χ4n) is 3.71. The summed E-state index contributed by atoms with van der Waals surface area (Å²) in [6.07, 6.45) is 4.48. The van der Waals surface area contributed by atoms with Gasteiger partial charge in [0.2, 0.25) is 0 Å². The van der Waals surface area contributed by atoms with Gasteiger partial charge in [-0.05, 0) is 24.6 Å². The van der Waals surface area contributed by atoms with E-state index in [1.165, 1.54) is 0 Å². The zero-order valence-electron chi connectivity index (χ0n) is 16.2. The van der Waals surface area contributed by atoms with Crippen LogP contribution in [0.25, 0.3) is 22.5 Å². The number of benzene rings is 1. The first-order valence-electron chi connectivity index (χ1n) is 9.71. The fourth-order valence-corrected chi connectivity index (χ4v) is 3.71. The Labute approximate surface area is 166 Å². The number of aromatic amines is 1. The molecule has 1 fully saturated rings. The minimum absolute atomic E-state index is 0.0384. The number of H-pyrrole nitrogens is 1. The van der Waals surface area contributed by atoms with Gasteiger partial charge in [-0.1, -0.05) is 30.3 Å². The second-order valence-corrected chi connectivity index (χ2v) is 7.63. The molecule has 148 valence electrons. The van der Waals surface area contributed by atoms with E-state index in [2.05, 4.69) is 25.4 Å². The summed E-state index contributed by atoms with van der Waals surface area (Å²) < 4.78 is 7.08. The summed E-state index contributed by atoms with van der Waals surface area (Å²) in [6, 6.07) is 7.76. The highest BCUT2D eigenvalue weighted by atomic mass is 16.5. The molecule has 0 aliphatic carbocycles. The van der Waals surface area contributed by atoms with E-state index in [9.17, 15) is 4.79 Å². The lowest BCUT2D eigenvalue weighted by molar-refractivity contribution is 0.0789. The molecule has 1 N–H and O–H groups in total. The summed E-state index contributed by atoms with van der Waals surface area (Å²) in [6.45, 7) is 5.27. The number of hydrogen-bond acceptors (Lipinski definition) is 6. The third kappa shape index (κ3) is 3.08. The van der Waals surface area contributed by atoms with Gasteiger partial charge in [-0.3, -0.25) is 4.79 Å². The van der Waals surface area contributed by atoms with Crippen molar-refractivity contribution in [2.24, 2.45) is 0 Å². The lowest BCUT2D eigenvalue weighted by atomic mass is 10.1. The highest BCUT2D eigenvalue weighted by Crippen LogP contribution is 2.26. The Morgan fingerprint density at radius 3 is 3.03 bits per heavy atom. The molecule has 0 spiro atoms. The standard InChI is InChI=1S/C20H21N7O2/c1-12(2)18-22-19(29-24-18)17-11-27(25-23-17)13-7-9-26(10-13)20(28)15-4-3-5-16-14(15)6-8-21-16/h3-6,8,11-13,21H,7,9-10H2,1-2H3. The Hall–Kier alpha value is -3.49. The molecule has 3 aromatic heterocycles. The fraction of sp³-hybridized carbons (Fsp3) is 0.350. The zero-order chi connectivity index (χ0) is 20.0. The van der Waals surface area contributed by atoms with Crippen LogP contribution in [0.4, 0.5) is 0 Å². The number of carbonyl (C=O) groups is 1. The maximum Gasteiger partial charge on any atom is 0.280 e. The van der Waals surface area contributed by atoms with Crippen molar-refractivity contribution in [1.82, 2.24) is 35.0 Å². The van der Waals surface area contributed by atoms with E-state index in [4.69, 9.17) is 4.52 Å². The summed E-state index contributed by atoms with van der Waals surface area (Å²) in [5.74, 6) is 1.23. The molecule has 0 saturated carbocycles. The van der Waals surface area contributed by atoms with Crippen LogP contribution in [0, 0.1) is 0 Å². The quantitative estimate of drug-likeness (QED) is 0.573. The van der Waals surface area contributed by atoms with Gasteiger partial charge in [-0.2, -0.15) is 4.98 Å². The summed E-state index contributed by atoms with van der Waals surface area (Å²) >= 11 is 0. The highest BCUT2D eigenvalue weighted by molar-refractivity contribution is 6.06. The Balaban J connectivity index is 1.33. The van der Waals surface area contributed by atoms with Crippen LogP contribution in [-0.4, -0.2) is 54.0 Å². The summed E-state index contributed by atoms with van der Waals surface area (Å²) in [4.78, 5) is 22.5. The van der Waals surface area contributed by atoms with Crippen molar-refractivity contribution in [3.05, 3.63) is 48.0 Å². The van der Waals surface area contributed by atoms with Gasteiger partial charge in [-0.25, -0.2) is 4.68 Å². The number of nitrogens with one attached hydrogen (secondary N) is 1. The van der Waals surface area contributed by atoms with Crippen molar-refractivity contribution in [2.75, 3.05) is 13.1 Å². The SMILES string of the molecule is CC(C)c1noc(-c2cn(C3CCN(C(=O)c4cccc5[nH]ccc45)C3)nn2)n1. The van der Waals surface area contributed by atoms with Gasteiger partial charge < -0.3 is 14.4 Å². The van der Waals surface area contributed by atoms with Crippen LogP contribution < -0.4 is 0 Å². The monoisotopic (exact) mass is 391 g/mol. The average molecular weight is 391 g/mol. The smallest absolute Gasteiger partial charge is 0.280 e. The molecule has 1 amide bonds. The summed E-state index contributed by atoms with van der Waals surface area (Å²) in [5.41, 5.74) is 2.23. The van der Waals surface area contributed by atoms with E-state index in [1.807, 2.05) is 55.4 Å². The van der Waals surface area contributed by atoms with Gasteiger partial charge in [0.05, 0.1) is 12.2 Å². The first kappa shape index (κ1) is 17.6. The molecule has 1 aromatic carbocycles. The van der Waals surface area contributed by atoms with Gasteiger partial charge in [0.25, 0.3) is 11.8 Å². The van der Waals surface area contributed by atoms with Crippen LogP contribution in [0.3, 0.4) is 0 Å². The van der Waals surface area contributed by atoms with Crippen molar-refractivity contribution in [3.8, 4) is 11.6 Å². The third-order valence-corrected chi connectivity index (χ3v) is 5.34. The van der Waals surface area contributed by atoms with Gasteiger partial charge in [-0.15, -0.1) is 5.10 Å². The molecule has 0 radical (unpaired) electrons. The van der Waals surface area contributed by atoms with Crippen LogP contribution in [-0.2, 0) is 0 Å². The lowest BCUT2D eigenvalue weighted by Crippen LogP contribution is -2.29. The van der Waals surface area contributed by atoms with Crippen molar-refractivity contribution in [3.63, 3.8) is 0 Å². The van der Waals surface area contributed by atoms with E-state index in [-0.39, 0.29) is 17.9 Å². The Kier molecular flexibility index (Phi) is 4.15. The van der Waals surface area contributed by atoms with Crippen molar-refractivity contribution < 1.29 is 9.32 Å². The number of nitrogens with zero attached hydrogens (tertiary/aromatic N) is 6. The minimum Gasteiger partial charge on any atom is -0.361 e. The summed E-state index contributed by atoms with van der Waals surface area (Å²) in [7, 11) is 0. The van der Waals surface area contributed by atoms with Crippen molar-refractivity contribution in [2.45, 2.75) is 32.2 Å². The van der Waals surface area contributed by atoms with Gasteiger partial charge in [0, 0.05) is 41.7 Å². The predicted octanol–water partition coefficient (Wildman–Crippen LogP) is 3.02. The largest absolute Gasteiger partial charge is 0.361 e. The molecule has 1 aliphatic rings. The number of aromatic nitrogens is 6. The van der Waals surface area contributed by atoms with Crippen LogP contribution in [0.1, 0.15) is 48.4 Å². The molecule has 9 heteroatoms. The van der Waals surface area contributed by atoms with E-state index in [1.54, 1.807) is 4.68 Å². The molecule has 9 nitrogen and oxygen atoms in total. The van der Waals surface area contributed by atoms with Crippen LogP contribution in [0.5, 0.6) is 0 Å². The molecule has 0 bridgehead atoms. The van der Waals surface area contributed by atoms with Crippen molar-refractivity contribution >= 4 is 16.8 Å². The van der Waals surface area contributed by atoms with Gasteiger partial charge in [0.15, 0.2) is 11.5 Å². The van der Waals surface area contributed by atoms with E-state index >= 15 is 0 Å². The minimum atomic E-state index is 0.0384. The van der Waals surface area contributed by atoms with Crippen LogP contribution in [0.15, 0.2) is 41.2 Å². The second-order valence-electron chi connectivity index (χ2n) is 7.63. The number of likely N-dealkylation sites (tertiary alicyclic amines) is 1. The normalized spacial score (nSPS) is 16.9. The molecule has 1 atom stereocenters. The maximum atomic E-state index is 13.1. The topological polar surface area (TPSA) is 106 Å². The first-order valence-corrected chi connectivity index (χ1v) is 9.71. The number of carbonyl (C=O) groups excluding carboxylic acids is 1. The Morgan fingerprint density at radius 2 is 2.21 bits per heavy atom. The highest BCUT2D eigenvalue weighted by Gasteiger charge is 2.30. The molecule has 1 saturated heterocycles. The Morgan fingerprint density at radius 1 is 1.31 bits per heavy atom. The number of fused-ring (bicyclic) bond motifs is 1. The van der Waals surface area contributed by atoms with Crippen LogP contribution in [0.2, 0.25) is 0 Å². The van der Waals surface area contributed by atoms with Crippen LogP contribution >= 0.6 is 0 Å². The van der Waals surface area contributed by atoms with Crippen molar-refractivity contribution in [1.29, 1.82) is 0 Å². The second kappa shape index (κ2) is 6.84. The van der Waals surface area contributed by atoms with E-state index in [0.29, 0.717) is 30.5 Å². The summed E-state index contributed by atoms with van der Waals surface area (Å²) in [5, 5.41) is 13.3. The zero-order valence-corrected chi connectivity index (χ0v) is 16.2.